The number of carbonyl (C=O) groups is 2. The van der Waals surface area contributed by atoms with Gasteiger partial charge >= 0.3 is 11.8 Å². The molecule has 5 heteroatoms. The number of unbranched alkanes of at least 4 members (excludes halogenated alkanes) is 1. The van der Waals surface area contributed by atoms with E-state index in [0.717, 1.165) is 32.2 Å². The minimum atomic E-state index is -0.469. The lowest BCUT2D eigenvalue weighted by molar-refractivity contribution is -0.145. The highest BCUT2D eigenvalue weighted by atomic mass is 16.2. The second-order valence-corrected chi connectivity index (χ2v) is 5.06. The molecule has 0 bridgehead atoms. The van der Waals surface area contributed by atoms with E-state index in [9.17, 15) is 9.59 Å². The van der Waals surface area contributed by atoms with Crippen molar-refractivity contribution in [3.05, 3.63) is 0 Å². The molecule has 0 atom stereocenters. The maximum atomic E-state index is 12.0. The lowest BCUT2D eigenvalue weighted by Crippen LogP contribution is -2.44. The molecule has 2 amide bonds. The zero-order chi connectivity index (χ0) is 14.7. The van der Waals surface area contributed by atoms with Gasteiger partial charge in [0.25, 0.3) is 0 Å². The van der Waals surface area contributed by atoms with E-state index in [2.05, 4.69) is 17.1 Å². The first kappa shape index (κ1) is 17.9. The van der Waals surface area contributed by atoms with Gasteiger partial charge in [-0.25, -0.2) is 0 Å². The minimum Gasteiger partial charge on any atom is -0.348 e. The molecule has 0 saturated carbocycles. The van der Waals surface area contributed by atoms with E-state index in [1.54, 1.807) is 4.90 Å². The molecule has 0 rings (SSSR count). The van der Waals surface area contributed by atoms with Crippen molar-refractivity contribution < 1.29 is 9.59 Å². The Balaban J connectivity index is 4.07. The Morgan fingerprint density at radius 2 is 1.63 bits per heavy atom. The summed E-state index contributed by atoms with van der Waals surface area (Å²) in [5.74, 6) is -0.858. The van der Waals surface area contributed by atoms with E-state index >= 15 is 0 Å². The van der Waals surface area contributed by atoms with Gasteiger partial charge in [0.2, 0.25) is 0 Å². The van der Waals surface area contributed by atoms with Crippen LogP contribution in [0.3, 0.4) is 0 Å². The van der Waals surface area contributed by atoms with E-state index in [1.807, 2.05) is 21.0 Å². The van der Waals surface area contributed by atoms with Gasteiger partial charge in [-0.15, -0.1) is 0 Å². The van der Waals surface area contributed by atoms with E-state index < -0.39 is 5.91 Å². The van der Waals surface area contributed by atoms with E-state index in [1.165, 1.54) is 0 Å². The summed E-state index contributed by atoms with van der Waals surface area (Å²) in [6.07, 6.45) is 3.70. The molecular weight excluding hydrogens is 242 g/mol. The van der Waals surface area contributed by atoms with Crippen LogP contribution in [0.1, 0.15) is 39.5 Å². The SMILES string of the molecule is CCCCN(CCC)C(=O)C(=O)NCCCN(C)C. The van der Waals surface area contributed by atoms with Crippen molar-refractivity contribution in [3.8, 4) is 0 Å². The van der Waals surface area contributed by atoms with Crippen molar-refractivity contribution in [2.24, 2.45) is 0 Å². The summed E-state index contributed by atoms with van der Waals surface area (Å²) in [5, 5.41) is 2.70. The molecule has 0 aromatic carbocycles. The third-order valence-corrected chi connectivity index (χ3v) is 2.82. The standard InChI is InChI=1S/C14H29N3O2/c1-5-7-12-17(10-6-2)14(19)13(18)15-9-8-11-16(3)4/h5-12H2,1-4H3,(H,15,18). The molecule has 0 aromatic heterocycles. The molecule has 0 saturated heterocycles. The molecule has 1 N–H and O–H groups in total. The molecule has 0 spiro atoms. The Morgan fingerprint density at radius 3 is 2.16 bits per heavy atom. The fraction of sp³-hybridized carbons (Fsp3) is 0.857. The Morgan fingerprint density at radius 1 is 0.947 bits per heavy atom. The lowest BCUT2D eigenvalue weighted by atomic mass is 10.3. The van der Waals surface area contributed by atoms with E-state index in [0.29, 0.717) is 19.6 Å². The van der Waals surface area contributed by atoms with Gasteiger partial charge in [-0.3, -0.25) is 9.59 Å². The van der Waals surface area contributed by atoms with Crippen LogP contribution in [-0.4, -0.2) is 61.9 Å². The molecule has 0 aliphatic rings. The molecule has 112 valence electrons. The van der Waals surface area contributed by atoms with Crippen LogP contribution in [-0.2, 0) is 9.59 Å². The fourth-order valence-corrected chi connectivity index (χ4v) is 1.75. The number of amides is 2. The van der Waals surface area contributed by atoms with Gasteiger partial charge in [0.15, 0.2) is 0 Å². The predicted molar refractivity (Wildman–Crippen MR) is 78.0 cm³/mol. The van der Waals surface area contributed by atoms with Gasteiger partial charge in [0, 0.05) is 19.6 Å². The number of nitrogens with one attached hydrogen (secondary N) is 1. The fourth-order valence-electron chi connectivity index (χ4n) is 1.75. The van der Waals surface area contributed by atoms with Crippen molar-refractivity contribution in [1.29, 1.82) is 0 Å². The van der Waals surface area contributed by atoms with Crippen molar-refractivity contribution in [2.45, 2.75) is 39.5 Å². The molecule has 0 fully saturated rings. The monoisotopic (exact) mass is 271 g/mol. The Bertz CT molecular complexity index is 267. The first-order valence-electron chi connectivity index (χ1n) is 7.24. The molecule has 0 aliphatic heterocycles. The van der Waals surface area contributed by atoms with Crippen molar-refractivity contribution >= 4 is 11.8 Å². The molecule has 0 unspecified atom stereocenters. The number of hydrogen-bond acceptors (Lipinski definition) is 3. The molecule has 0 radical (unpaired) electrons. The zero-order valence-corrected chi connectivity index (χ0v) is 12.9. The summed E-state index contributed by atoms with van der Waals surface area (Å²) in [5.41, 5.74) is 0. The third kappa shape index (κ3) is 8.59. The highest BCUT2D eigenvalue weighted by Crippen LogP contribution is 1.98. The molecule has 19 heavy (non-hydrogen) atoms. The summed E-state index contributed by atoms with van der Waals surface area (Å²) in [7, 11) is 3.97. The molecule has 0 aromatic rings. The van der Waals surface area contributed by atoms with Crippen LogP contribution in [0.5, 0.6) is 0 Å². The van der Waals surface area contributed by atoms with Crippen LogP contribution < -0.4 is 5.32 Å². The smallest absolute Gasteiger partial charge is 0.311 e. The second-order valence-electron chi connectivity index (χ2n) is 5.06. The van der Waals surface area contributed by atoms with Crippen LogP contribution in [0, 0.1) is 0 Å². The first-order chi connectivity index (χ1) is 9.02. The van der Waals surface area contributed by atoms with Crippen LogP contribution in [0.4, 0.5) is 0 Å². The summed E-state index contributed by atoms with van der Waals surface area (Å²) in [4.78, 5) is 27.4. The topological polar surface area (TPSA) is 52.7 Å². The maximum absolute atomic E-state index is 12.0. The van der Waals surface area contributed by atoms with Gasteiger partial charge in [0.05, 0.1) is 0 Å². The second kappa shape index (κ2) is 10.8. The van der Waals surface area contributed by atoms with E-state index in [-0.39, 0.29) is 5.91 Å². The highest BCUT2D eigenvalue weighted by Gasteiger charge is 2.19. The zero-order valence-electron chi connectivity index (χ0n) is 12.9. The minimum absolute atomic E-state index is 0.389. The number of nitrogens with zero attached hydrogens (tertiary/aromatic N) is 2. The summed E-state index contributed by atoms with van der Waals surface area (Å²) in [6.45, 7) is 6.88. The predicted octanol–water partition coefficient (Wildman–Crippen LogP) is 1.09. The normalized spacial score (nSPS) is 10.6. The molecule has 5 nitrogen and oxygen atoms in total. The average Bonchev–Trinajstić information content (AvgIpc) is 2.38. The van der Waals surface area contributed by atoms with E-state index in [4.69, 9.17) is 0 Å². The summed E-state index contributed by atoms with van der Waals surface area (Å²) in [6, 6.07) is 0. The average molecular weight is 271 g/mol. The van der Waals surface area contributed by atoms with Gasteiger partial charge < -0.3 is 15.1 Å². The number of hydrogen-bond donors (Lipinski definition) is 1. The van der Waals surface area contributed by atoms with Crippen molar-refractivity contribution in [3.63, 3.8) is 0 Å². The summed E-state index contributed by atoms with van der Waals surface area (Å²) < 4.78 is 0. The van der Waals surface area contributed by atoms with Crippen LogP contribution in [0.2, 0.25) is 0 Å². The Hall–Kier alpha value is -1.10. The van der Waals surface area contributed by atoms with Gasteiger partial charge in [-0.05, 0) is 39.9 Å². The van der Waals surface area contributed by atoms with Gasteiger partial charge in [-0.1, -0.05) is 20.3 Å². The van der Waals surface area contributed by atoms with Gasteiger partial charge in [0.1, 0.15) is 0 Å². The van der Waals surface area contributed by atoms with Crippen molar-refractivity contribution in [1.82, 2.24) is 15.1 Å². The van der Waals surface area contributed by atoms with Gasteiger partial charge in [-0.2, -0.15) is 0 Å². The lowest BCUT2D eigenvalue weighted by Gasteiger charge is -2.21. The number of carbonyl (C=O) groups excluding carboxylic acids is 2. The first-order valence-corrected chi connectivity index (χ1v) is 7.24. The Kier molecular flexibility index (Phi) is 10.2. The highest BCUT2D eigenvalue weighted by molar-refractivity contribution is 6.34. The maximum Gasteiger partial charge on any atom is 0.311 e. The summed E-state index contributed by atoms with van der Waals surface area (Å²) >= 11 is 0. The molecule has 0 heterocycles. The van der Waals surface area contributed by atoms with Crippen molar-refractivity contribution in [2.75, 3.05) is 40.3 Å². The number of rotatable bonds is 9. The largest absolute Gasteiger partial charge is 0.348 e. The van der Waals surface area contributed by atoms with Crippen LogP contribution >= 0.6 is 0 Å². The van der Waals surface area contributed by atoms with Crippen LogP contribution in [0.25, 0.3) is 0 Å². The molecule has 0 aliphatic carbocycles. The molecular formula is C14H29N3O2. The quantitative estimate of drug-likeness (QED) is 0.504. The Labute approximate surface area is 117 Å². The third-order valence-electron chi connectivity index (χ3n) is 2.82. The van der Waals surface area contributed by atoms with Crippen LogP contribution in [0.15, 0.2) is 0 Å².